The van der Waals surface area contributed by atoms with Gasteiger partial charge in [-0.05, 0) is 29.8 Å². The summed E-state index contributed by atoms with van der Waals surface area (Å²) in [5, 5.41) is 5.12. The number of esters is 1. The number of nitrogens with zero attached hydrogens (tertiary/aromatic N) is 2. The third-order valence-electron chi connectivity index (χ3n) is 5.59. The lowest BCUT2D eigenvalue weighted by Gasteiger charge is -2.33. The first kappa shape index (κ1) is 23.5. The van der Waals surface area contributed by atoms with Gasteiger partial charge in [0.25, 0.3) is 5.91 Å². The molecule has 2 amide bonds. The Balaban J connectivity index is 1.39. The van der Waals surface area contributed by atoms with Gasteiger partial charge in [-0.2, -0.15) is 0 Å². The number of anilines is 1. The number of amides is 2. The predicted molar refractivity (Wildman–Crippen MR) is 127 cm³/mol. The molecule has 4 rings (SSSR count). The molecule has 3 heterocycles. The largest absolute Gasteiger partial charge is 0.497 e. The van der Waals surface area contributed by atoms with Gasteiger partial charge >= 0.3 is 5.97 Å². The molecule has 0 saturated carbocycles. The quantitative estimate of drug-likeness (QED) is 0.515. The fourth-order valence-corrected chi connectivity index (χ4v) is 4.75. The average Bonchev–Trinajstić information content (AvgIpc) is 3.54. The van der Waals surface area contributed by atoms with Gasteiger partial charge in [0.15, 0.2) is 5.76 Å². The first-order valence-electron chi connectivity index (χ1n) is 10.7. The molecule has 9 nitrogen and oxygen atoms in total. The highest BCUT2D eigenvalue weighted by Crippen LogP contribution is 2.36. The van der Waals surface area contributed by atoms with Gasteiger partial charge in [0.05, 0.1) is 27.0 Å². The summed E-state index contributed by atoms with van der Waals surface area (Å²) in [4.78, 5) is 41.4. The third-order valence-corrected chi connectivity index (χ3v) is 6.49. The van der Waals surface area contributed by atoms with E-state index < -0.39 is 5.97 Å². The van der Waals surface area contributed by atoms with Gasteiger partial charge in [0.2, 0.25) is 5.91 Å². The van der Waals surface area contributed by atoms with E-state index in [0.29, 0.717) is 53.8 Å². The fourth-order valence-electron chi connectivity index (χ4n) is 3.77. The molecule has 0 unspecified atom stereocenters. The van der Waals surface area contributed by atoms with Crippen molar-refractivity contribution in [1.29, 1.82) is 0 Å². The Morgan fingerprint density at radius 1 is 1.06 bits per heavy atom. The molecule has 178 valence electrons. The van der Waals surface area contributed by atoms with Crippen LogP contribution in [-0.2, 0) is 9.53 Å². The summed E-state index contributed by atoms with van der Waals surface area (Å²) in [5.41, 5.74) is 1.81. The zero-order valence-electron chi connectivity index (χ0n) is 18.9. The zero-order valence-corrected chi connectivity index (χ0v) is 19.7. The van der Waals surface area contributed by atoms with Crippen molar-refractivity contribution in [1.82, 2.24) is 9.80 Å². The van der Waals surface area contributed by atoms with Gasteiger partial charge in [-0.25, -0.2) is 4.79 Å². The number of thiophene rings is 1. The Morgan fingerprint density at radius 2 is 1.79 bits per heavy atom. The summed E-state index contributed by atoms with van der Waals surface area (Å²) < 4.78 is 15.3. The van der Waals surface area contributed by atoms with Crippen LogP contribution < -0.4 is 10.1 Å². The molecule has 2 aromatic heterocycles. The highest BCUT2D eigenvalue weighted by Gasteiger charge is 2.26. The van der Waals surface area contributed by atoms with Crippen LogP contribution in [0, 0.1) is 0 Å². The molecule has 34 heavy (non-hydrogen) atoms. The standard InChI is InChI=1S/C24H25N3O6S/c1-31-17-7-5-16(6-8-17)18-15-34-22(21(18)24(30)32-2)25-20(28)14-26-9-11-27(12-10-26)23(29)19-4-3-13-33-19/h3-8,13,15H,9-12,14H2,1-2H3,(H,25,28). The minimum Gasteiger partial charge on any atom is -0.497 e. The van der Waals surface area contributed by atoms with E-state index in [1.54, 1.807) is 24.1 Å². The maximum absolute atomic E-state index is 12.8. The molecule has 3 aromatic rings. The Morgan fingerprint density at radius 3 is 2.41 bits per heavy atom. The van der Waals surface area contributed by atoms with E-state index in [1.807, 2.05) is 34.5 Å². The molecule has 0 bridgehead atoms. The van der Waals surface area contributed by atoms with Crippen LogP contribution in [-0.4, -0.2) is 74.5 Å². The summed E-state index contributed by atoms with van der Waals surface area (Å²) in [5.74, 6) is 0.109. The minimum absolute atomic E-state index is 0.151. The van der Waals surface area contributed by atoms with Gasteiger partial charge in [-0.1, -0.05) is 12.1 Å². The number of hydrogen-bond acceptors (Lipinski definition) is 8. The molecule has 0 radical (unpaired) electrons. The van der Waals surface area contributed by atoms with Crippen molar-refractivity contribution in [3.8, 4) is 16.9 Å². The molecule has 0 aliphatic carbocycles. The van der Waals surface area contributed by atoms with Crippen LogP contribution in [0.1, 0.15) is 20.9 Å². The molecule has 1 aromatic carbocycles. The lowest BCUT2D eigenvalue weighted by atomic mass is 10.0. The van der Waals surface area contributed by atoms with E-state index in [-0.39, 0.29) is 18.4 Å². The first-order chi connectivity index (χ1) is 16.5. The Labute approximate surface area is 200 Å². The number of hydrogen-bond donors (Lipinski definition) is 1. The summed E-state index contributed by atoms with van der Waals surface area (Å²) in [7, 11) is 2.90. The zero-order chi connectivity index (χ0) is 24.1. The maximum atomic E-state index is 12.8. The highest BCUT2D eigenvalue weighted by molar-refractivity contribution is 7.15. The second-order valence-electron chi connectivity index (χ2n) is 7.67. The maximum Gasteiger partial charge on any atom is 0.341 e. The number of furan rings is 1. The van der Waals surface area contributed by atoms with Gasteiger partial charge in [-0.3, -0.25) is 14.5 Å². The summed E-state index contributed by atoms with van der Waals surface area (Å²) >= 11 is 1.27. The van der Waals surface area contributed by atoms with Crippen LogP contribution in [0.15, 0.2) is 52.5 Å². The first-order valence-corrected chi connectivity index (χ1v) is 11.6. The van der Waals surface area contributed by atoms with E-state index in [4.69, 9.17) is 13.9 Å². The lowest BCUT2D eigenvalue weighted by molar-refractivity contribution is -0.117. The Kier molecular flexibility index (Phi) is 7.29. The van der Waals surface area contributed by atoms with Crippen LogP contribution in [0.4, 0.5) is 5.00 Å². The summed E-state index contributed by atoms with van der Waals surface area (Å²) in [6, 6.07) is 10.6. The predicted octanol–water partition coefficient (Wildman–Crippen LogP) is 3.20. The molecule has 1 aliphatic rings. The van der Waals surface area contributed by atoms with Gasteiger partial charge < -0.3 is 24.1 Å². The van der Waals surface area contributed by atoms with Crippen LogP contribution in [0.2, 0.25) is 0 Å². The third kappa shape index (κ3) is 5.13. The normalized spacial score (nSPS) is 14.0. The van der Waals surface area contributed by atoms with Gasteiger partial charge in [0.1, 0.15) is 16.3 Å². The molecule has 1 fully saturated rings. The van der Waals surface area contributed by atoms with E-state index in [9.17, 15) is 14.4 Å². The van der Waals surface area contributed by atoms with E-state index in [2.05, 4.69) is 5.32 Å². The van der Waals surface area contributed by atoms with Crippen LogP contribution in [0.5, 0.6) is 5.75 Å². The van der Waals surface area contributed by atoms with Crippen molar-refractivity contribution >= 4 is 34.1 Å². The highest BCUT2D eigenvalue weighted by atomic mass is 32.1. The minimum atomic E-state index is -0.521. The Hall–Kier alpha value is -3.63. The smallest absolute Gasteiger partial charge is 0.341 e. The SMILES string of the molecule is COC(=O)c1c(-c2ccc(OC)cc2)csc1NC(=O)CN1CCN(C(=O)c2ccco2)CC1. The molecule has 0 spiro atoms. The van der Waals surface area contributed by atoms with Crippen molar-refractivity contribution in [2.24, 2.45) is 0 Å². The second-order valence-corrected chi connectivity index (χ2v) is 8.55. The van der Waals surface area contributed by atoms with Crippen molar-refractivity contribution in [2.75, 3.05) is 52.3 Å². The lowest BCUT2D eigenvalue weighted by Crippen LogP contribution is -2.50. The van der Waals surface area contributed by atoms with Crippen LogP contribution in [0.25, 0.3) is 11.1 Å². The average molecular weight is 484 g/mol. The van der Waals surface area contributed by atoms with E-state index >= 15 is 0 Å². The number of carbonyl (C=O) groups excluding carboxylic acids is 3. The van der Waals surface area contributed by atoms with Crippen molar-refractivity contribution in [3.63, 3.8) is 0 Å². The molecule has 1 aliphatic heterocycles. The van der Waals surface area contributed by atoms with Crippen molar-refractivity contribution in [2.45, 2.75) is 0 Å². The monoisotopic (exact) mass is 483 g/mol. The van der Waals surface area contributed by atoms with Crippen LogP contribution in [0.3, 0.4) is 0 Å². The van der Waals surface area contributed by atoms with Gasteiger partial charge in [0, 0.05) is 37.1 Å². The second kappa shape index (κ2) is 10.5. The van der Waals surface area contributed by atoms with Crippen molar-refractivity contribution in [3.05, 3.63) is 59.4 Å². The number of benzene rings is 1. The molecule has 1 N–H and O–H groups in total. The van der Waals surface area contributed by atoms with E-state index in [0.717, 1.165) is 5.56 Å². The molecular formula is C24H25N3O6S. The van der Waals surface area contributed by atoms with Gasteiger partial charge in [-0.15, -0.1) is 11.3 Å². The molecular weight excluding hydrogens is 458 g/mol. The molecule has 0 atom stereocenters. The number of methoxy groups -OCH3 is 2. The number of rotatable bonds is 7. The topological polar surface area (TPSA) is 101 Å². The molecule has 1 saturated heterocycles. The number of ether oxygens (including phenoxy) is 2. The number of piperazine rings is 1. The Bertz CT molecular complexity index is 1150. The summed E-state index contributed by atoms with van der Waals surface area (Å²) in [6.07, 6.45) is 1.47. The molecule has 10 heteroatoms. The fraction of sp³-hybridized carbons (Fsp3) is 0.292. The van der Waals surface area contributed by atoms with E-state index in [1.165, 1.54) is 24.7 Å². The number of nitrogens with one attached hydrogen (secondary N) is 1. The summed E-state index contributed by atoms with van der Waals surface area (Å²) in [6.45, 7) is 2.28. The number of carbonyl (C=O) groups is 3. The van der Waals surface area contributed by atoms with Crippen molar-refractivity contribution < 1.29 is 28.3 Å². The van der Waals surface area contributed by atoms with Crippen LogP contribution >= 0.6 is 11.3 Å².